The van der Waals surface area contributed by atoms with E-state index in [4.69, 9.17) is 0 Å². The van der Waals surface area contributed by atoms with Gasteiger partial charge in [0.25, 0.3) is 0 Å². The van der Waals surface area contributed by atoms with Crippen LogP contribution in [-0.4, -0.2) is 60.3 Å². The molecule has 0 radical (unpaired) electrons. The van der Waals surface area contributed by atoms with Gasteiger partial charge in [0.15, 0.2) is 5.96 Å². The van der Waals surface area contributed by atoms with Crippen LogP contribution in [0.25, 0.3) is 0 Å². The Morgan fingerprint density at radius 3 is 2.31 bits per heavy atom. The fourth-order valence-corrected chi connectivity index (χ4v) is 2.50. The van der Waals surface area contributed by atoms with Gasteiger partial charge in [0.05, 0.1) is 5.69 Å². The van der Waals surface area contributed by atoms with Crippen molar-refractivity contribution in [2.75, 3.05) is 33.7 Å². The number of rotatable bonds is 9. The molecule has 0 aliphatic heterocycles. The van der Waals surface area contributed by atoms with Crippen molar-refractivity contribution < 1.29 is 4.79 Å². The average Bonchev–Trinajstić information content (AvgIpc) is 2.81. The Bertz CT molecular complexity index is 582. The minimum absolute atomic E-state index is 0. The zero-order chi connectivity index (χ0) is 18.8. The maximum atomic E-state index is 11.7. The van der Waals surface area contributed by atoms with E-state index in [0.29, 0.717) is 5.96 Å². The van der Waals surface area contributed by atoms with Crippen LogP contribution in [0.5, 0.6) is 0 Å². The van der Waals surface area contributed by atoms with Gasteiger partial charge in [-0.1, -0.05) is 13.3 Å². The van der Waals surface area contributed by atoms with Crippen molar-refractivity contribution in [3.05, 3.63) is 17.0 Å². The van der Waals surface area contributed by atoms with Crippen LogP contribution < -0.4 is 10.6 Å². The number of nitrogens with zero attached hydrogens (tertiary/aromatic N) is 4. The molecule has 2 N–H and O–H groups in total. The first kappa shape index (κ1) is 24.7. The number of carbonyl (C=O) groups is 1. The van der Waals surface area contributed by atoms with E-state index in [1.165, 1.54) is 11.3 Å². The van der Waals surface area contributed by atoms with E-state index in [1.807, 2.05) is 11.7 Å². The first-order valence-electron chi connectivity index (χ1n) is 9.08. The van der Waals surface area contributed by atoms with Gasteiger partial charge in [-0.05, 0) is 38.7 Å². The van der Waals surface area contributed by atoms with Gasteiger partial charge in [-0.15, -0.1) is 24.0 Å². The average molecular weight is 478 g/mol. The van der Waals surface area contributed by atoms with E-state index in [0.717, 1.165) is 44.5 Å². The number of nitrogens with one attached hydrogen (secondary N) is 2. The standard InChI is InChI=1S/C18H34N6O.HI/c1-7-8-11-19-18(21-13-17(25)23(4)5)20-12-9-10-16-14(2)22-24(6)15(16)3;/h7-13H2,1-6H3,(H2,19,20,21);1H. The van der Waals surface area contributed by atoms with E-state index < -0.39 is 0 Å². The molecule has 8 heteroatoms. The van der Waals surface area contributed by atoms with Crippen molar-refractivity contribution in [2.45, 2.75) is 46.5 Å². The highest BCUT2D eigenvalue weighted by Crippen LogP contribution is 2.13. The number of hydrogen-bond acceptors (Lipinski definition) is 3. The topological polar surface area (TPSA) is 74.6 Å². The SMILES string of the molecule is CCCCNC(=NCC(=O)N(C)C)NCCCc1c(C)nn(C)c1C.I. The lowest BCUT2D eigenvalue weighted by molar-refractivity contribution is -0.127. The molecule has 26 heavy (non-hydrogen) atoms. The van der Waals surface area contributed by atoms with Crippen LogP contribution in [0.15, 0.2) is 4.99 Å². The van der Waals surface area contributed by atoms with Crippen LogP contribution in [0.4, 0.5) is 0 Å². The predicted octanol–water partition coefficient (Wildman–Crippen LogP) is 2.01. The van der Waals surface area contributed by atoms with Crippen molar-refractivity contribution in [1.29, 1.82) is 0 Å². The number of likely N-dealkylation sites (N-methyl/N-ethyl adjacent to an activating group) is 1. The number of aryl methyl sites for hydroxylation is 2. The molecule has 1 heterocycles. The molecule has 0 aliphatic rings. The first-order chi connectivity index (χ1) is 11.9. The fraction of sp³-hybridized carbons (Fsp3) is 0.722. The number of carbonyl (C=O) groups excluding carboxylic acids is 1. The van der Waals surface area contributed by atoms with E-state index in [1.54, 1.807) is 19.0 Å². The van der Waals surface area contributed by atoms with Gasteiger partial charge < -0.3 is 15.5 Å². The van der Waals surface area contributed by atoms with Gasteiger partial charge >= 0.3 is 0 Å². The summed E-state index contributed by atoms with van der Waals surface area (Å²) in [5.74, 6) is 0.710. The molecule has 0 aliphatic carbocycles. The number of aromatic nitrogens is 2. The second-order valence-electron chi connectivity index (χ2n) is 6.54. The Morgan fingerprint density at radius 2 is 1.81 bits per heavy atom. The van der Waals surface area contributed by atoms with Crippen LogP contribution in [0.1, 0.15) is 43.1 Å². The molecule has 1 aromatic rings. The molecular weight excluding hydrogens is 443 g/mol. The van der Waals surface area contributed by atoms with Gasteiger partial charge in [0.2, 0.25) is 5.91 Å². The zero-order valence-corrected chi connectivity index (χ0v) is 19.4. The van der Waals surface area contributed by atoms with Gasteiger partial charge in [-0.3, -0.25) is 9.48 Å². The summed E-state index contributed by atoms with van der Waals surface area (Å²) >= 11 is 0. The molecule has 1 amide bonds. The highest BCUT2D eigenvalue weighted by atomic mass is 127. The minimum Gasteiger partial charge on any atom is -0.356 e. The largest absolute Gasteiger partial charge is 0.356 e. The normalized spacial score (nSPS) is 11.1. The Hall–Kier alpha value is -1.32. The van der Waals surface area contributed by atoms with Gasteiger partial charge in [-0.2, -0.15) is 5.10 Å². The van der Waals surface area contributed by atoms with Crippen molar-refractivity contribution in [2.24, 2.45) is 12.0 Å². The molecule has 0 spiro atoms. The number of unbranched alkanes of at least 4 members (excludes halogenated alkanes) is 1. The lowest BCUT2D eigenvalue weighted by Gasteiger charge is -2.13. The number of halogens is 1. The molecule has 1 aromatic heterocycles. The van der Waals surface area contributed by atoms with Crippen molar-refractivity contribution >= 4 is 35.8 Å². The predicted molar refractivity (Wildman–Crippen MR) is 118 cm³/mol. The van der Waals surface area contributed by atoms with Gasteiger partial charge in [-0.25, -0.2) is 4.99 Å². The number of aliphatic imine (C=N–C) groups is 1. The van der Waals surface area contributed by atoms with Crippen LogP contribution in [0.2, 0.25) is 0 Å². The van der Waals surface area contributed by atoms with E-state index >= 15 is 0 Å². The molecule has 0 saturated heterocycles. The molecule has 0 atom stereocenters. The molecule has 1 rings (SSSR count). The van der Waals surface area contributed by atoms with Crippen LogP contribution in [-0.2, 0) is 18.3 Å². The summed E-state index contributed by atoms with van der Waals surface area (Å²) in [5.41, 5.74) is 3.65. The summed E-state index contributed by atoms with van der Waals surface area (Å²) in [7, 11) is 5.47. The molecule has 0 saturated carbocycles. The Morgan fingerprint density at radius 1 is 1.19 bits per heavy atom. The number of hydrogen-bond donors (Lipinski definition) is 2. The second kappa shape index (κ2) is 12.9. The van der Waals surface area contributed by atoms with Crippen molar-refractivity contribution in [3.63, 3.8) is 0 Å². The van der Waals surface area contributed by atoms with Crippen LogP contribution in [0, 0.1) is 13.8 Å². The highest BCUT2D eigenvalue weighted by molar-refractivity contribution is 14.0. The van der Waals surface area contributed by atoms with Crippen molar-refractivity contribution in [1.82, 2.24) is 25.3 Å². The summed E-state index contributed by atoms with van der Waals surface area (Å²) < 4.78 is 1.93. The summed E-state index contributed by atoms with van der Waals surface area (Å²) in [5, 5.41) is 11.1. The first-order valence-corrected chi connectivity index (χ1v) is 9.08. The molecule has 0 fully saturated rings. The third kappa shape index (κ3) is 8.37. The zero-order valence-electron chi connectivity index (χ0n) is 17.1. The van der Waals surface area contributed by atoms with Gasteiger partial charge in [0, 0.05) is 39.9 Å². The summed E-state index contributed by atoms with van der Waals surface area (Å²) in [6.45, 7) is 8.15. The summed E-state index contributed by atoms with van der Waals surface area (Å²) in [4.78, 5) is 17.7. The van der Waals surface area contributed by atoms with Crippen LogP contribution in [0.3, 0.4) is 0 Å². The Kier molecular flexibility index (Phi) is 12.3. The summed E-state index contributed by atoms with van der Waals surface area (Å²) in [6.07, 6.45) is 4.17. The van der Waals surface area contributed by atoms with Crippen molar-refractivity contribution in [3.8, 4) is 0 Å². The fourth-order valence-electron chi connectivity index (χ4n) is 2.50. The lowest BCUT2D eigenvalue weighted by Crippen LogP contribution is -2.39. The quantitative estimate of drug-likeness (QED) is 0.247. The molecular formula is C18H35IN6O. The molecule has 150 valence electrons. The Balaban J connectivity index is 0.00000625. The number of amides is 1. The molecule has 0 unspecified atom stereocenters. The Labute approximate surface area is 175 Å². The molecule has 0 aromatic carbocycles. The lowest BCUT2D eigenvalue weighted by atomic mass is 10.1. The maximum absolute atomic E-state index is 11.7. The smallest absolute Gasteiger partial charge is 0.243 e. The minimum atomic E-state index is -0.00167. The molecule has 0 bridgehead atoms. The van der Waals surface area contributed by atoms with E-state index in [2.05, 4.69) is 41.5 Å². The maximum Gasteiger partial charge on any atom is 0.243 e. The summed E-state index contributed by atoms with van der Waals surface area (Å²) in [6, 6.07) is 0. The number of guanidine groups is 1. The van der Waals surface area contributed by atoms with E-state index in [-0.39, 0.29) is 36.4 Å². The van der Waals surface area contributed by atoms with Crippen LogP contribution >= 0.6 is 24.0 Å². The third-order valence-electron chi connectivity index (χ3n) is 4.25. The molecule has 7 nitrogen and oxygen atoms in total. The van der Waals surface area contributed by atoms with E-state index in [9.17, 15) is 4.79 Å². The third-order valence-corrected chi connectivity index (χ3v) is 4.25. The monoisotopic (exact) mass is 478 g/mol. The van der Waals surface area contributed by atoms with Gasteiger partial charge in [0.1, 0.15) is 6.54 Å². The second-order valence-corrected chi connectivity index (χ2v) is 6.54. The highest BCUT2D eigenvalue weighted by Gasteiger charge is 2.09.